The first-order chi connectivity index (χ1) is 16.7. The molecule has 0 saturated carbocycles. The van der Waals surface area contributed by atoms with Gasteiger partial charge in [0.2, 0.25) is 0 Å². The third-order valence-electron chi connectivity index (χ3n) is 5.32. The first kappa shape index (κ1) is 29.7. The van der Waals surface area contributed by atoms with Gasteiger partial charge in [0.05, 0.1) is 7.11 Å². The summed E-state index contributed by atoms with van der Waals surface area (Å²) in [6, 6.07) is 5.54. The predicted molar refractivity (Wildman–Crippen MR) is 110 cm³/mol. The fraction of sp³-hybridized carbons (Fsp3) is 0.364. The Balaban J connectivity index is 2.63. The van der Waals surface area contributed by atoms with Crippen molar-refractivity contribution in [1.82, 2.24) is 5.32 Å². The van der Waals surface area contributed by atoms with Crippen molar-refractivity contribution in [1.29, 1.82) is 0 Å². The largest absolute Gasteiger partial charge is 0.466 e. The normalized spacial score (nSPS) is 14.5. The third-order valence-corrected chi connectivity index (χ3v) is 5.32. The Hall–Kier alpha value is -3.49. The van der Waals surface area contributed by atoms with Crippen molar-refractivity contribution in [3.05, 3.63) is 64.7 Å². The summed E-state index contributed by atoms with van der Waals surface area (Å²) < 4.78 is 128. The molecular formula is C22H19F9N2O4. The molecule has 1 amide bonds. The fourth-order valence-electron chi connectivity index (χ4n) is 3.20. The van der Waals surface area contributed by atoms with E-state index in [4.69, 9.17) is 0 Å². The second kappa shape index (κ2) is 9.76. The highest BCUT2D eigenvalue weighted by molar-refractivity contribution is 5.95. The molecule has 3 N–H and O–H groups in total. The van der Waals surface area contributed by atoms with Crippen molar-refractivity contribution >= 4 is 17.6 Å². The molecular weight excluding hydrogens is 527 g/mol. The Kier molecular flexibility index (Phi) is 7.84. The van der Waals surface area contributed by atoms with Gasteiger partial charge in [-0.1, -0.05) is 29.8 Å². The summed E-state index contributed by atoms with van der Waals surface area (Å²) in [5.41, 5.74) is -12.3. The third kappa shape index (κ3) is 5.45. The van der Waals surface area contributed by atoms with E-state index >= 15 is 0 Å². The predicted octanol–water partition coefficient (Wildman–Crippen LogP) is 4.89. The zero-order valence-corrected chi connectivity index (χ0v) is 19.1. The van der Waals surface area contributed by atoms with Gasteiger partial charge in [0, 0.05) is 16.8 Å². The Morgan fingerprint density at radius 1 is 0.811 bits per heavy atom. The Bertz CT molecular complexity index is 1140. The molecule has 0 unspecified atom stereocenters. The minimum atomic E-state index is -6.21. The number of anilines is 1. The van der Waals surface area contributed by atoms with Crippen molar-refractivity contribution in [3.63, 3.8) is 0 Å². The van der Waals surface area contributed by atoms with Crippen LogP contribution >= 0.6 is 0 Å². The SMILES string of the molecule is COC(=O)[C@](O)(c1ccc(NC(NC(=O)c2ccc(C)cc2)(C(F)(F)F)C(F)(F)F)c(C)c1)C(F)(F)F. The molecule has 2 aromatic rings. The second-order valence-electron chi connectivity index (χ2n) is 7.92. The number of halogens is 9. The Labute approximate surface area is 203 Å². The maximum absolute atomic E-state index is 14.0. The molecule has 0 heterocycles. The lowest BCUT2D eigenvalue weighted by Gasteiger charge is -2.39. The topological polar surface area (TPSA) is 87.7 Å². The number of aliphatic hydroxyl groups is 1. The van der Waals surface area contributed by atoms with E-state index in [1.54, 1.807) is 6.92 Å². The second-order valence-corrected chi connectivity index (χ2v) is 7.92. The molecule has 0 fully saturated rings. The summed E-state index contributed by atoms with van der Waals surface area (Å²) in [5.74, 6) is -3.95. The van der Waals surface area contributed by atoms with Crippen molar-refractivity contribution in [3.8, 4) is 0 Å². The number of hydrogen-bond acceptors (Lipinski definition) is 5. The van der Waals surface area contributed by atoms with Crippen LogP contribution in [0.4, 0.5) is 45.2 Å². The molecule has 6 nitrogen and oxygen atoms in total. The molecule has 15 heteroatoms. The van der Waals surface area contributed by atoms with Gasteiger partial charge in [-0.2, -0.15) is 39.5 Å². The van der Waals surface area contributed by atoms with Gasteiger partial charge in [-0.3, -0.25) is 4.79 Å². The van der Waals surface area contributed by atoms with E-state index in [0.717, 1.165) is 29.7 Å². The molecule has 0 spiro atoms. The van der Waals surface area contributed by atoms with Crippen molar-refractivity contribution in [2.45, 2.75) is 43.6 Å². The van der Waals surface area contributed by atoms with E-state index in [1.807, 2.05) is 0 Å². The number of rotatable bonds is 6. The number of benzene rings is 2. The molecule has 0 saturated heterocycles. The van der Waals surface area contributed by atoms with Crippen LogP contribution in [0.1, 0.15) is 27.0 Å². The summed E-state index contributed by atoms with van der Waals surface area (Å²) in [5, 5.41) is 12.1. The summed E-state index contributed by atoms with van der Waals surface area (Å²) in [4.78, 5) is 24.1. The van der Waals surface area contributed by atoms with Gasteiger partial charge < -0.3 is 20.5 Å². The van der Waals surface area contributed by atoms with Crippen LogP contribution in [-0.2, 0) is 15.1 Å². The number of alkyl halides is 9. The fourth-order valence-corrected chi connectivity index (χ4v) is 3.20. The summed E-state index contributed by atoms with van der Waals surface area (Å²) in [7, 11) is 0.527. The van der Waals surface area contributed by atoms with Crippen LogP contribution in [-0.4, -0.2) is 48.3 Å². The number of carbonyl (C=O) groups excluding carboxylic acids is 2. The number of nitrogens with one attached hydrogen (secondary N) is 2. The lowest BCUT2D eigenvalue weighted by atomic mass is 9.91. The molecule has 0 aliphatic rings. The molecule has 204 valence electrons. The maximum Gasteiger partial charge on any atom is 0.439 e. The van der Waals surface area contributed by atoms with Crippen LogP contribution in [0, 0.1) is 13.8 Å². The number of amides is 1. The van der Waals surface area contributed by atoms with Crippen LogP contribution in [0.5, 0.6) is 0 Å². The molecule has 2 rings (SSSR count). The molecule has 0 aliphatic carbocycles. The maximum atomic E-state index is 14.0. The number of methoxy groups -OCH3 is 1. The van der Waals surface area contributed by atoms with Crippen LogP contribution in [0.3, 0.4) is 0 Å². The van der Waals surface area contributed by atoms with Gasteiger partial charge in [-0.05, 0) is 37.6 Å². The lowest BCUT2D eigenvalue weighted by Crippen LogP contribution is -2.72. The smallest absolute Gasteiger partial charge is 0.439 e. The molecule has 0 bridgehead atoms. The minimum Gasteiger partial charge on any atom is -0.466 e. The number of hydrogen-bond donors (Lipinski definition) is 3. The van der Waals surface area contributed by atoms with Crippen molar-refractivity contribution in [2.24, 2.45) is 0 Å². The van der Waals surface area contributed by atoms with Gasteiger partial charge in [-0.15, -0.1) is 0 Å². The number of aryl methyl sites for hydroxylation is 2. The van der Waals surface area contributed by atoms with Crippen molar-refractivity contribution < 1.29 is 58.9 Å². The van der Waals surface area contributed by atoms with Crippen molar-refractivity contribution in [2.75, 3.05) is 12.4 Å². The summed E-state index contributed by atoms with van der Waals surface area (Å²) in [6.45, 7) is 2.38. The van der Waals surface area contributed by atoms with Gasteiger partial charge in [0.15, 0.2) is 0 Å². The summed E-state index contributed by atoms with van der Waals surface area (Å²) >= 11 is 0. The number of esters is 1. The van der Waals surface area contributed by atoms with E-state index < -0.39 is 64.0 Å². The average Bonchev–Trinajstić information content (AvgIpc) is 2.76. The summed E-state index contributed by atoms with van der Waals surface area (Å²) in [6.07, 6.45) is -18.1. The first-order valence-electron chi connectivity index (χ1n) is 10.0. The van der Waals surface area contributed by atoms with E-state index in [1.165, 1.54) is 12.1 Å². The van der Waals surface area contributed by atoms with Gasteiger partial charge in [-0.25, -0.2) is 4.79 Å². The molecule has 1 atom stereocenters. The van der Waals surface area contributed by atoms with E-state index in [0.29, 0.717) is 30.9 Å². The van der Waals surface area contributed by atoms with Crippen LogP contribution < -0.4 is 10.6 Å². The van der Waals surface area contributed by atoms with Gasteiger partial charge in [0.1, 0.15) is 0 Å². The van der Waals surface area contributed by atoms with E-state index in [9.17, 15) is 54.2 Å². The monoisotopic (exact) mass is 546 g/mol. The van der Waals surface area contributed by atoms with Crippen LogP contribution in [0.15, 0.2) is 42.5 Å². The minimum absolute atomic E-state index is 0.291. The Morgan fingerprint density at radius 3 is 1.73 bits per heavy atom. The molecule has 0 radical (unpaired) electrons. The molecule has 0 aliphatic heterocycles. The lowest BCUT2D eigenvalue weighted by molar-refractivity contribution is -0.294. The zero-order valence-electron chi connectivity index (χ0n) is 19.1. The highest BCUT2D eigenvalue weighted by Gasteiger charge is 2.73. The van der Waals surface area contributed by atoms with Gasteiger partial charge in [0.25, 0.3) is 11.5 Å². The van der Waals surface area contributed by atoms with Gasteiger partial charge >= 0.3 is 30.2 Å². The van der Waals surface area contributed by atoms with Crippen LogP contribution in [0.25, 0.3) is 0 Å². The number of carbonyl (C=O) groups is 2. The average molecular weight is 546 g/mol. The highest BCUT2D eigenvalue weighted by atomic mass is 19.4. The molecule has 2 aromatic carbocycles. The standard InChI is InChI=1S/C22H19F9N2O4/c1-11-4-6-13(7-5-11)16(34)33-19(21(26,27)28,22(29,30)31)32-15-9-8-14(10-12(15)2)18(36,17(35)37-3)20(23,24)25/h4-10,32,36H,1-3H3,(H,33,34)/t18-/m1/s1. The molecule has 37 heavy (non-hydrogen) atoms. The quantitative estimate of drug-likeness (QED) is 0.273. The Morgan fingerprint density at radius 2 is 1.32 bits per heavy atom. The highest BCUT2D eigenvalue weighted by Crippen LogP contribution is 2.45. The van der Waals surface area contributed by atoms with Crippen LogP contribution in [0.2, 0.25) is 0 Å². The number of ether oxygens (including phenoxy) is 1. The molecule has 0 aromatic heterocycles. The van der Waals surface area contributed by atoms with E-state index in [-0.39, 0.29) is 0 Å². The van der Waals surface area contributed by atoms with E-state index in [2.05, 4.69) is 4.74 Å². The first-order valence-corrected chi connectivity index (χ1v) is 10.0. The zero-order chi connectivity index (χ0) is 28.6.